The second-order valence-corrected chi connectivity index (χ2v) is 10.6. The largest absolute Gasteiger partial charge is 0.480 e. The van der Waals surface area contributed by atoms with Crippen LogP contribution in [0.25, 0.3) is 0 Å². The Hall–Kier alpha value is -2.75. The zero-order chi connectivity index (χ0) is 26.8. The summed E-state index contributed by atoms with van der Waals surface area (Å²) in [7, 11) is 1.33. The van der Waals surface area contributed by atoms with Gasteiger partial charge in [0.25, 0.3) is 0 Å². The molecule has 3 atom stereocenters. The van der Waals surface area contributed by atoms with E-state index in [9.17, 15) is 19.5 Å². The first-order valence-electron chi connectivity index (χ1n) is 12.3. The molecule has 2 N–H and O–H groups in total. The Balaban J connectivity index is 2.07. The minimum atomic E-state index is -1.06. The fourth-order valence-electron chi connectivity index (χ4n) is 4.80. The molecule has 1 saturated heterocycles. The highest BCUT2D eigenvalue weighted by Crippen LogP contribution is 2.28. The van der Waals surface area contributed by atoms with Crippen molar-refractivity contribution in [3.05, 3.63) is 71.8 Å². The van der Waals surface area contributed by atoms with Crippen LogP contribution in [0, 0.1) is 0 Å². The molecule has 0 spiro atoms. The van der Waals surface area contributed by atoms with Gasteiger partial charge in [0.2, 0.25) is 5.91 Å². The van der Waals surface area contributed by atoms with E-state index in [-0.39, 0.29) is 12.3 Å². The van der Waals surface area contributed by atoms with Gasteiger partial charge in [0.05, 0.1) is 25.1 Å². The fraction of sp³-hybridized carbons (Fsp3) is 0.429. The van der Waals surface area contributed by atoms with Gasteiger partial charge in [0.1, 0.15) is 6.04 Å². The molecule has 0 radical (unpaired) electrons. The Kier molecular flexibility index (Phi) is 10.7. The molecule has 1 fully saturated rings. The van der Waals surface area contributed by atoms with E-state index in [1.54, 1.807) is 11.8 Å². The molecule has 1 heterocycles. The van der Waals surface area contributed by atoms with Crippen LogP contribution < -0.4 is 5.32 Å². The number of benzene rings is 2. The van der Waals surface area contributed by atoms with Crippen molar-refractivity contribution < 1.29 is 24.2 Å². The number of nitrogens with zero attached hydrogens (tertiary/aromatic N) is 1. The highest BCUT2D eigenvalue weighted by Gasteiger charge is 2.44. The number of rotatable bonds is 13. The number of nitrogens with one attached hydrogen (secondary N) is 1. The van der Waals surface area contributed by atoms with E-state index >= 15 is 0 Å². The van der Waals surface area contributed by atoms with Crippen LogP contribution in [0.3, 0.4) is 0 Å². The first kappa shape index (κ1) is 28.8. The van der Waals surface area contributed by atoms with E-state index in [4.69, 9.17) is 17.0 Å². The van der Waals surface area contributed by atoms with Crippen molar-refractivity contribution in [3.63, 3.8) is 0 Å². The summed E-state index contributed by atoms with van der Waals surface area (Å²) in [4.78, 5) is 40.6. The molecule has 37 heavy (non-hydrogen) atoms. The number of methoxy groups -OCH3 is 1. The number of carboxylic acids is 1. The van der Waals surface area contributed by atoms with Crippen LogP contribution >= 0.6 is 24.0 Å². The monoisotopic (exact) mass is 542 g/mol. The first-order chi connectivity index (χ1) is 17.8. The number of aliphatic carboxylic acids is 1. The summed E-state index contributed by atoms with van der Waals surface area (Å²) in [5.41, 5.74) is 0.646. The lowest BCUT2D eigenvalue weighted by molar-refractivity contribution is -0.149. The van der Waals surface area contributed by atoms with Crippen LogP contribution in [-0.4, -0.2) is 76.0 Å². The number of thiocarbonyl (C=S) groups is 1. The van der Waals surface area contributed by atoms with E-state index < -0.39 is 29.6 Å². The molecule has 0 aromatic heterocycles. The third-order valence-corrected chi connectivity index (χ3v) is 7.97. The SMILES string of the molecule is COC(=O)CC(CCSC)(N[C@@H](Cc1ccccc1)C(=O)N1CCC[C@H]1C(=O)O)C(=S)c1ccccc1. The maximum atomic E-state index is 14.0. The molecule has 1 unspecified atom stereocenters. The second kappa shape index (κ2) is 13.7. The van der Waals surface area contributed by atoms with E-state index in [0.29, 0.717) is 42.8 Å². The van der Waals surface area contributed by atoms with Crippen LogP contribution in [0.4, 0.5) is 0 Å². The Morgan fingerprint density at radius 2 is 1.81 bits per heavy atom. The predicted octanol–water partition coefficient (Wildman–Crippen LogP) is 3.74. The highest BCUT2D eigenvalue weighted by molar-refractivity contribution is 7.98. The van der Waals surface area contributed by atoms with Gasteiger partial charge >= 0.3 is 11.9 Å². The van der Waals surface area contributed by atoms with Crippen molar-refractivity contribution in [2.45, 2.75) is 49.7 Å². The maximum Gasteiger partial charge on any atom is 0.326 e. The smallest absolute Gasteiger partial charge is 0.326 e. The van der Waals surface area contributed by atoms with Crippen LogP contribution in [0.1, 0.15) is 36.8 Å². The lowest BCUT2D eigenvalue weighted by Gasteiger charge is -2.39. The van der Waals surface area contributed by atoms with Gasteiger partial charge in [0, 0.05) is 11.4 Å². The molecule has 198 valence electrons. The van der Waals surface area contributed by atoms with Crippen molar-refractivity contribution >= 4 is 46.7 Å². The highest BCUT2D eigenvalue weighted by atomic mass is 32.2. The summed E-state index contributed by atoms with van der Waals surface area (Å²) in [6.45, 7) is 0.376. The molecule has 1 aliphatic rings. The summed E-state index contributed by atoms with van der Waals surface area (Å²) < 4.78 is 5.06. The molecule has 3 rings (SSSR count). The number of thioether (sulfide) groups is 1. The molecule has 9 heteroatoms. The van der Waals surface area contributed by atoms with Gasteiger partial charge in [-0.1, -0.05) is 72.9 Å². The quantitative estimate of drug-likeness (QED) is 0.225. The summed E-state index contributed by atoms with van der Waals surface area (Å²) >= 11 is 7.62. The Morgan fingerprint density at radius 1 is 1.16 bits per heavy atom. The number of hydrogen-bond acceptors (Lipinski definition) is 7. The van der Waals surface area contributed by atoms with Crippen molar-refractivity contribution in [2.75, 3.05) is 25.7 Å². The zero-order valence-electron chi connectivity index (χ0n) is 21.2. The number of carboxylic acid groups (broad SMARTS) is 1. The van der Waals surface area contributed by atoms with Crippen LogP contribution in [0.5, 0.6) is 0 Å². The minimum Gasteiger partial charge on any atom is -0.480 e. The maximum absolute atomic E-state index is 14.0. The number of likely N-dealkylation sites (tertiary alicyclic amines) is 1. The van der Waals surface area contributed by atoms with Gasteiger partial charge < -0.3 is 14.7 Å². The average Bonchev–Trinajstić information content (AvgIpc) is 3.42. The van der Waals surface area contributed by atoms with Crippen LogP contribution in [-0.2, 0) is 25.5 Å². The molecular formula is C28H34N2O5S2. The number of carbonyl (C=O) groups is 3. The summed E-state index contributed by atoms with van der Waals surface area (Å²) in [6, 6.07) is 17.3. The fourth-order valence-corrected chi connectivity index (χ4v) is 5.72. The van der Waals surface area contributed by atoms with Crippen LogP contribution in [0.15, 0.2) is 60.7 Å². The predicted molar refractivity (Wildman–Crippen MR) is 150 cm³/mol. The third-order valence-electron chi connectivity index (χ3n) is 6.73. The molecule has 2 aromatic carbocycles. The normalized spacial score (nSPS) is 17.6. The summed E-state index contributed by atoms with van der Waals surface area (Å²) in [5.74, 6) is -1.07. The molecule has 1 aliphatic heterocycles. The van der Waals surface area contributed by atoms with Crippen molar-refractivity contribution in [1.82, 2.24) is 10.2 Å². The van der Waals surface area contributed by atoms with E-state index in [2.05, 4.69) is 5.32 Å². The Labute approximate surface area is 228 Å². The zero-order valence-corrected chi connectivity index (χ0v) is 22.9. The van der Waals surface area contributed by atoms with Crippen LogP contribution in [0.2, 0.25) is 0 Å². The average molecular weight is 543 g/mol. The van der Waals surface area contributed by atoms with E-state index in [1.807, 2.05) is 66.9 Å². The number of carbonyl (C=O) groups excluding carboxylic acids is 2. The number of ether oxygens (including phenoxy) is 1. The standard InChI is InChI=1S/C28H34N2O5S2/c1-35-24(31)19-28(15-17-37-2,25(36)21-12-7-4-8-13-21)29-22(18-20-10-5-3-6-11-20)26(32)30-16-9-14-23(30)27(33)34/h3-8,10-13,22-23,29H,9,14-19H2,1-2H3,(H,33,34)/t22-,23-,28?/m0/s1. The van der Waals surface area contributed by atoms with Gasteiger partial charge in [-0.05, 0) is 48.8 Å². The van der Waals surface area contributed by atoms with Crippen molar-refractivity contribution in [3.8, 4) is 0 Å². The van der Waals surface area contributed by atoms with Gasteiger partial charge in [-0.25, -0.2) is 4.79 Å². The Morgan fingerprint density at radius 3 is 2.41 bits per heavy atom. The molecule has 1 amide bonds. The Bertz CT molecular complexity index is 1080. The van der Waals surface area contributed by atoms with Gasteiger partial charge in [-0.15, -0.1) is 0 Å². The molecule has 2 aromatic rings. The van der Waals surface area contributed by atoms with Crippen molar-refractivity contribution in [1.29, 1.82) is 0 Å². The van der Waals surface area contributed by atoms with Gasteiger partial charge in [0.15, 0.2) is 0 Å². The number of hydrogen-bond donors (Lipinski definition) is 2. The topological polar surface area (TPSA) is 95.9 Å². The molecule has 0 saturated carbocycles. The number of esters is 1. The van der Waals surface area contributed by atoms with Gasteiger partial charge in [-0.2, -0.15) is 11.8 Å². The van der Waals surface area contributed by atoms with E-state index in [0.717, 1.165) is 11.1 Å². The molecule has 7 nitrogen and oxygen atoms in total. The molecular weight excluding hydrogens is 508 g/mol. The molecule has 0 bridgehead atoms. The van der Waals surface area contributed by atoms with Crippen molar-refractivity contribution in [2.24, 2.45) is 0 Å². The first-order valence-corrected chi connectivity index (χ1v) is 14.1. The second-order valence-electron chi connectivity index (χ2n) is 9.19. The lowest BCUT2D eigenvalue weighted by Crippen LogP contribution is -2.62. The van der Waals surface area contributed by atoms with Gasteiger partial charge in [-0.3, -0.25) is 14.9 Å². The lowest BCUT2D eigenvalue weighted by atomic mass is 9.83. The summed E-state index contributed by atoms with van der Waals surface area (Å²) in [5, 5.41) is 13.3. The molecule has 0 aliphatic carbocycles. The van der Waals surface area contributed by atoms with E-state index in [1.165, 1.54) is 12.0 Å². The minimum absolute atomic E-state index is 0.0568. The summed E-state index contributed by atoms with van der Waals surface area (Å²) in [6.07, 6.45) is 3.77. The third kappa shape index (κ3) is 7.40. The number of amides is 1.